The smallest absolute Gasteiger partial charge is 0.270 e. The molecule has 0 saturated heterocycles. The Hall–Kier alpha value is -2.47. The van der Waals surface area contributed by atoms with Crippen LogP contribution in [0.4, 0.5) is 0 Å². The molecule has 0 aliphatic heterocycles. The number of thiophene rings is 1. The van der Waals surface area contributed by atoms with Gasteiger partial charge in [-0.1, -0.05) is 19.1 Å². The van der Waals surface area contributed by atoms with Crippen molar-refractivity contribution in [3.05, 3.63) is 59.4 Å². The molecule has 0 aliphatic rings. The molecule has 0 aliphatic carbocycles. The number of carbonyl (C=O) groups is 1. The van der Waals surface area contributed by atoms with Gasteiger partial charge < -0.3 is 5.32 Å². The largest absolute Gasteiger partial charge is 0.344 e. The highest BCUT2D eigenvalue weighted by Gasteiger charge is 2.18. The van der Waals surface area contributed by atoms with E-state index in [0.717, 1.165) is 22.6 Å². The maximum atomic E-state index is 12.6. The van der Waals surface area contributed by atoms with Crippen molar-refractivity contribution in [1.82, 2.24) is 20.1 Å². The molecule has 1 N–H and O–H groups in total. The predicted molar refractivity (Wildman–Crippen MR) is 91.3 cm³/mol. The average Bonchev–Trinajstić information content (AvgIpc) is 3.22. The summed E-state index contributed by atoms with van der Waals surface area (Å²) in [5.41, 5.74) is 2.38. The average molecular weight is 326 g/mol. The number of amides is 1. The summed E-state index contributed by atoms with van der Waals surface area (Å²) in [6.07, 6.45) is 4.31. The second kappa shape index (κ2) is 6.75. The van der Waals surface area contributed by atoms with Crippen molar-refractivity contribution in [2.75, 3.05) is 0 Å². The Morgan fingerprint density at radius 2 is 2.26 bits per heavy atom. The van der Waals surface area contributed by atoms with Gasteiger partial charge in [-0.15, -0.1) is 11.3 Å². The van der Waals surface area contributed by atoms with Gasteiger partial charge in [-0.05, 0) is 35.6 Å². The van der Waals surface area contributed by atoms with E-state index in [2.05, 4.69) is 15.4 Å². The fraction of sp³-hybridized carbons (Fsp3) is 0.235. The molecule has 3 aromatic rings. The number of nitrogens with one attached hydrogen (secondary N) is 1. The number of rotatable bonds is 5. The fourth-order valence-corrected chi connectivity index (χ4v) is 3.14. The Labute approximate surface area is 139 Å². The molecule has 0 fully saturated rings. The highest BCUT2D eigenvalue weighted by atomic mass is 32.1. The number of hydrogen-bond donors (Lipinski definition) is 1. The zero-order valence-corrected chi connectivity index (χ0v) is 13.9. The first-order chi connectivity index (χ1) is 11.2. The quantitative estimate of drug-likeness (QED) is 0.781. The van der Waals surface area contributed by atoms with Crippen molar-refractivity contribution in [2.45, 2.75) is 19.4 Å². The van der Waals surface area contributed by atoms with Gasteiger partial charge in [-0.3, -0.25) is 14.5 Å². The Morgan fingerprint density at radius 1 is 1.39 bits per heavy atom. The van der Waals surface area contributed by atoms with E-state index in [-0.39, 0.29) is 11.9 Å². The third-order valence-corrected chi connectivity index (χ3v) is 4.58. The summed E-state index contributed by atoms with van der Waals surface area (Å²) >= 11 is 1.61. The van der Waals surface area contributed by atoms with Gasteiger partial charge in [0, 0.05) is 19.4 Å². The summed E-state index contributed by atoms with van der Waals surface area (Å²) in [5.74, 6) is -0.126. The maximum absolute atomic E-state index is 12.6. The van der Waals surface area contributed by atoms with Crippen LogP contribution in [0.15, 0.2) is 48.1 Å². The predicted octanol–water partition coefficient (Wildman–Crippen LogP) is 3.42. The van der Waals surface area contributed by atoms with E-state index >= 15 is 0 Å². The minimum absolute atomic E-state index is 0.0590. The normalized spacial score (nSPS) is 12.1. The summed E-state index contributed by atoms with van der Waals surface area (Å²) in [7, 11) is 1.79. The lowest BCUT2D eigenvalue weighted by Gasteiger charge is -2.16. The lowest BCUT2D eigenvalue weighted by molar-refractivity contribution is 0.0926. The zero-order valence-electron chi connectivity index (χ0n) is 13.1. The molecular formula is C17H18N4OS. The second-order valence-electron chi connectivity index (χ2n) is 5.24. The fourth-order valence-electron chi connectivity index (χ4n) is 2.46. The molecule has 3 aromatic heterocycles. The lowest BCUT2D eigenvalue weighted by atomic mass is 10.1. The van der Waals surface area contributed by atoms with E-state index in [9.17, 15) is 4.79 Å². The third kappa shape index (κ3) is 3.32. The molecule has 23 heavy (non-hydrogen) atoms. The van der Waals surface area contributed by atoms with E-state index in [1.54, 1.807) is 35.5 Å². The van der Waals surface area contributed by atoms with Crippen molar-refractivity contribution in [1.29, 1.82) is 0 Å². The monoisotopic (exact) mass is 326 g/mol. The Morgan fingerprint density at radius 3 is 2.91 bits per heavy atom. The molecule has 0 bridgehead atoms. The molecule has 5 nitrogen and oxygen atoms in total. The van der Waals surface area contributed by atoms with Crippen LogP contribution in [-0.4, -0.2) is 20.7 Å². The summed E-state index contributed by atoms with van der Waals surface area (Å²) in [6.45, 7) is 2.04. The first kappa shape index (κ1) is 15.4. The Balaban J connectivity index is 1.80. The van der Waals surface area contributed by atoms with E-state index < -0.39 is 0 Å². The van der Waals surface area contributed by atoms with Gasteiger partial charge in [0.05, 0.1) is 10.9 Å². The van der Waals surface area contributed by atoms with Crippen molar-refractivity contribution in [2.24, 2.45) is 7.05 Å². The standard InChI is InChI=1S/C17H18N4OS/c1-3-13(12-6-4-8-18-11-12)19-17(22)15-10-14(20-21(15)2)16-7-5-9-23-16/h4-11,13H,3H2,1-2H3,(H,19,22). The number of nitrogens with zero attached hydrogens (tertiary/aromatic N) is 3. The van der Waals surface area contributed by atoms with E-state index in [1.165, 1.54) is 0 Å². The number of hydrogen-bond acceptors (Lipinski definition) is 4. The van der Waals surface area contributed by atoms with Gasteiger partial charge in [-0.25, -0.2) is 0 Å². The number of aromatic nitrogens is 3. The van der Waals surface area contributed by atoms with Crippen LogP contribution in [0.25, 0.3) is 10.6 Å². The minimum atomic E-state index is -0.126. The molecule has 1 amide bonds. The van der Waals surface area contributed by atoms with Crippen LogP contribution in [0.5, 0.6) is 0 Å². The van der Waals surface area contributed by atoms with Gasteiger partial charge in [0.25, 0.3) is 5.91 Å². The Kier molecular flexibility index (Phi) is 4.52. The summed E-state index contributed by atoms with van der Waals surface area (Å²) in [5, 5.41) is 9.50. The minimum Gasteiger partial charge on any atom is -0.344 e. The molecule has 0 aromatic carbocycles. The van der Waals surface area contributed by atoms with Crippen molar-refractivity contribution >= 4 is 17.2 Å². The van der Waals surface area contributed by atoms with Crippen LogP contribution < -0.4 is 5.32 Å². The van der Waals surface area contributed by atoms with Crippen molar-refractivity contribution < 1.29 is 4.79 Å². The maximum Gasteiger partial charge on any atom is 0.270 e. The topological polar surface area (TPSA) is 59.8 Å². The molecule has 1 atom stereocenters. The molecule has 6 heteroatoms. The number of aryl methyl sites for hydroxylation is 1. The molecule has 3 heterocycles. The highest BCUT2D eigenvalue weighted by Crippen LogP contribution is 2.24. The highest BCUT2D eigenvalue weighted by molar-refractivity contribution is 7.13. The van der Waals surface area contributed by atoms with Crippen LogP contribution in [0, 0.1) is 0 Å². The van der Waals surface area contributed by atoms with E-state index in [0.29, 0.717) is 5.69 Å². The number of pyridine rings is 1. The van der Waals surface area contributed by atoms with Gasteiger partial charge in [0.2, 0.25) is 0 Å². The molecule has 0 saturated carbocycles. The zero-order chi connectivity index (χ0) is 16.2. The van der Waals surface area contributed by atoms with Crippen molar-refractivity contribution in [3.8, 4) is 10.6 Å². The summed E-state index contributed by atoms with van der Waals surface area (Å²) < 4.78 is 1.63. The van der Waals surface area contributed by atoms with Crippen LogP contribution in [-0.2, 0) is 7.05 Å². The van der Waals surface area contributed by atoms with Crippen LogP contribution in [0.3, 0.4) is 0 Å². The molecule has 0 spiro atoms. The van der Waals surface area contributed by atoms with E-state index in [1.807, 2.05) is 42.6 Å². The lowest BCUT2D eigenvalue weighted by Crippen LogP contribution is -2.29. The number of carbonyl (C=O) groups excluding carboxylic acids is 1. The van der Waals surface area contributed by atoms with Gasteiger partial charge >= 0.3 is 0 Å². The first-order valence-electron chi connectivity index (χ1n) is 7.47. The Bertz CT molecular complexity index is 780. The van der Waals surface area contributed by atoms with Gasteiger partial charge in [-0.2, -0.15) is 5.10 Å². The van der Waals surface area contributed by atoms with Crippen molar-refractivity contribution in [3.63, 3.8) is 0 Å². The van der Waals surface area contributed by atoms with Gasteiger partial charge in [0.15, 0.2) is 0 Å². The SMILES string of the molecule is CCC(NC(=O)c1cc(-c2cccs2)nn1C)c1cccnc1. The molecule has 3 rings (SSSR count). The second-order valence-corrected chi connectivity index (χ2v) is 6.18. The molecule has 118 valence electrons. The van der Waals surface area contributed by atoms with Crippen LogP contribution in [0.1, 0.15) is 35.4 Å². The molecular weight excluding hydrogens is 308 g/mol. The van der Waals surface area contributed by atoms with E-state index in [4.69, 9.17) is 0 Å². The molecule has 1 unspecified atom stereocenters. The van der Waals surface area contributed by atoms with Crippen LogP contribution in [0.2, 0.25) is 0 Å². The first-order valence-corrected chi connectivity index (χ1v) is 8.35. The summed E-state index contributed by atoms with van der Waals surface area (Å²) in [6, 6.07) is 9.60. The van der Waals surface area contributed by atoms with Gasteiger partial charge in [0.1, 0.15) is 11.4 Å². The van der Waals surface area contributed by atoms with Crippen LogP contribution >= 0.6 is 11.3 Å². The third-order valence-electron chi connectivity index (χ3n) is 3.69. The summed E-state index contributed by atoms with van der Waals surface area (Å²) in [4.78, 5) is 17.8. The molecule has 0 radical (unpaired) electrons.